The zero-order valence-electron chi connectivity index (χ0n) is 17.4. The first-order valence-corrected chi connectivity index (χ1v) is 11.0. The fourth-order valence-electron chi connectivity index (χ4n) is 2.81. The number of nitrogens with zero attached hydrogens (tertiary/aromatic N) is 6. The number of aromatic nitrogens is 5. The topological polar surface area (TPSA) is 161 Å². The molecule has 4 rings (SSSR count). The number of halogens is 1. The molecule has 0 aliphatic rings. The molecule has 170 valence electrons. The first-order chi connectivity index (χ1) is 16.5. The van der Waals surface area contributed by atoms with E-state index < -0.39 is 5.91 Å². The van der Waals surface area contributed by atoms with Crippen LogP contribution in [0.4, 0.5) is 5.82 Å². The van der Waals surface area contributed by atoms with E-state index in [4.69, 9.17) is 22.6 Å². The minimum Gasteiger partial charge on any atom is -0.378 e. The molecular weight excluding hydrogens is 478 g/mol. The van der Waals surface area contributed by atoms with Crippen molar-refractivity contribution in [1.29, 1.82) is 5.26 Å². The number of nitrogen functional groups attached to an aromatic ring is 1. The molecule has 0 fully saturated rings. The molecule has 0 radical (unpaired) electrons. The number of rotatable bonds is 8. The zero-order chi connectivity index (χ0) is 24.1. The third-order valence-corrected chi connectivity index (χ3v) is 5.83. The van der Waals surface area contributed by atoms with Gasteiger partial charge in [-0.15, -0.1) is 16.9 Å². The zero-order valence-corrected chi connectivity index (χ0v) is 19.0. The van der Waals surface area contributed by atoms with E-state index in [9.17, 15) is 4.79 Å². The first kappa shape index (κ1) is 22.8. The van der Waals surface area contributed by atoms with Gasteiger partial charge in [0.2, 0.25) is 11.6 Å². The summed E-state index contributed by atoms with van der Waals surface area (Å²) in [5, 5.41) is 24.9. The second-order valence-electron chi connectivity index (χ2n) is 6.76. The number of nitrogens with one attached hydrogen (secondary N) is 2. The Hall–Kier alpha value is -4.34. The average molecular weight is 494 g/mol. The summed E-state index contributed by atoms with van der Waals surface area (Å²) in [6.45, 7) is 3.90. The molecule has 0 saturated heterocycles. The van der Waals surface area contributed by atoms with Crippen molar-refractivity contribution in [3.05, 3.63) is 82.6 Å². The van der Waals surface area contributed by atoms with Gasteiger partial charge in [-0.1, -0.05) is 35.5 Å². The lowest BCUT2D eigenvalue weighted by Gasteiger charge is -2.11. The summed E-state index contributed by atoms with van der Waals surface area (Å²) in [4.78, 5) is 13.9. The Morgan fingerprint density at radius 2 is 1.91 bits per heavy atom. The number of hydrogen-bond donors (Lipinski definition) is 3. The molecule has 13 heteroatoms. The largest absolute Gasteiger partial charge is 0.378 e. The monoisotopic (exact) mass is 493 g/mol. The van der Waals surface area contributed by atoms with Crippen molar-refractivity contribution >= 4 is 40.8 Å². The van der Waals surface area contributed by atoms with Crippen LogP contribution >= 0.6 is 23.4 Å². The fourth-order valence-corrected chi connectivity index (χ4v) is 3.82. The van der Waals surface area contributed by atoms with Gasteiger partial charge >= 0.3 is 0 Å². The molecule has 2 aromatic carbocycles. The van der Waals surface area contributed by atoms with Crippen molar-refractivity contribution in [2.45, 2.75) is 10.6 Å². The predicted molar refractivity (Wildman–Crippen MR) is 125 cm³/mol. The quantitative estimate of drug-likeness (QED) is 0.246. The normalized spacial score (nSPS) is 10.5. The summed E-state index contributed by atoms with van der Waals surface area (Å²) in [7, 11) is 0. The average Bonchev–Trinajstić information content (AvgIpc) is 3.47. The Labute approximate surface area is 202 Å². The third-order valence-electron chi connectivity index (χ3n) is 4.55. The van der Waals surface area contributed by atoms with Crippen LogP contribution in [0.15, 0.2) is 64.6 Å². The molecular formula is C21H16ClN9O2S. The third kappa shape index (κ3) is 5.01. The van der Waals surface area contributed by atoms with E-state index in [0.717, 1.165) is 4.90 Å². The van der Waals surface area contributed by atoms with Crippen LogP contribution in [0.2, 0.25) is 5.02 Å². The van der Waals surface area contributed by atoms with E-state index in [2.05, 4.69) is 42.7 Å². The molecule has 4 N–H and O–H groups in total. The van der Waals surface area contributed by atoms with Gasteiger partial charge in [-0.05, 0) is 52.3 Å². The van der Waals surface area contributed by atoms with Crippen molar-refractivity contribution in [2.75, 3.05) is 5.73 Å². The molecule has 0 atom stereocenters. The number of hydrazine groups is 1. The molecule has 0 spiro atoms. The standard InChI is InChI=1S/C21H16ClN9O2S/c1-12(14-4-2-13(10-23)3-5-14)25-27-21(32)18-17(11-34-16-8-6-15(22)7-9-16)31(30-26-18)20-19(24)28-33-29-20/h2-9,25H,1,11H2,(H2,24,28)(H,27,32). The number of carbonyl (C=O) groups excluding carboxylic acids is 1. The van der Waals surface area contributed by atoms with Crippen molar-refractivity contribution in [1.82, 2.24) is 36.2 Å². The molecule has 0 aliphatic carbocycles. The Morgan fingerprint density at radius 3 is 2.56 bits per heavy atom. The number of amides is 1. The van der Waals surface area contributed by atoms with Gasteiger partial charge in [-0.25, -0.2) is 4.63 Å². The number of thioether (sulfide) groups is 1. The van der Waals surface area contributed by atoms with Gasteiger partial charge in [0.1, 0.15) is 0 Å². The minimum atomic E-state index is -0.553. The number of benzene rings is 2. The number of nitrogens with two attached hydrogens (primary N) is 1. The highest BCUT2D eigenvalue weighted by Crippen LogP contribution is 2.27. The summed E-state index contributed by atoms with van der Waals surface area (Å²) in [6, 6.07) is 16.0. The van der Waals surface area contributed by atoms with Gasteiger partial charge in [0, 0.05) is 15.7 Å². The van der Waals surface area contributed by atoms with Crippen molar-refractivity contribution in [2.24, 2.45) is 0 Å². The van der Waals surface area contributed by atoms with Gasteiger partial charge in [-0.2, -0.15) is 9.94 Å². The van der Waals surface area contributed by atoms with Gasteiger partial charge in [-0.3, -0.25) is 15.6 Å². The number of hydrogen-bond acceptors (Lipinski definition) is 10. The smallest absolute Gasteiger partial charge is 0.292 e. The van der Waals surface area contributed by atoms with E-state index in [-0.39, 0.29) is 17.3 Å². The number of nitriles is 1. The van der Waals surface area contributed by atoms with Crippen LogP contribution in [0.1, 0.15) is 27.3 Å². The molecule has 2 aromatic heterocycles. The maximum absolute atomic E-state index is 12.9. The van der Waals surface area contributed by atoms with Gasteiger partial charge in [0.15, 0.2) is 5.69 Å². The molecule has 0 bridgehead atoms. The van der Waals surface area contributed by atoms with Crippen LogP contribution in [-0.4, -0.2) is 31.2 Å². The summed E-state index contributed by atoms with van der Waals surface area (Å²) >= 11 is 7.39. The molecule has 2 heterocycles. The predicted octanol–water partition coefficient (Wildman–Crippen LogP) is 2.96. The van der Waals surface area contributed by atoms with Crippen LogP contribution in [0.25, 0.3) is 11.5 Å². The SMILES string of the molecule is C=C(NNC(=O)c1nnn(-c2nonc2N)c1CSc1ccc(Cl)cc1)c1ccc(C#N)cc1. The van der Waals surface area contributed by atoms with Crippen LogP contribution in [0, 0.1) is 11.3 Å². The fraction of sp³-hybridized carbons (Fsp3) is 0.0476. The highest BCUT2D eigenvalue weighted by molar-refractivity contribution is 7.98. The van der Waals surface area contributed by atoms with Crippen LogP contribution in [-0.2, 0) is 5.75 Å². The van der Waals surface area contributed by atoms with Gasteiger partial charge < -0.3 is 5.73 Å². The van der Waals surface area contributed by atoms with E-state index in [0.29, 0.717) is 33.3 Å². The second-order valence-corrected chi connectivity index (χ2v) is 8.24. The molecule has 0 saturated carbocycles. The summed E-state index contributed by atoms with van der Waals surface area (Å²) in [6.07, 6.45) is 0. The highest BCUT2D eigenvalue weighted by Gasteiger charge is 2.24. The second kappa shape index (κ2) is 10.1. The van der Waals surface area contributed by atoms with Crippen molar-refractivity contribution < 1.29 is 9.42 Å². The molecule has 1 amide bonds. The lowest BCUT2D eigenvalue weighted by atomic mass is 10.1. The number of anilines is 1. The molecule has 0 aliphatic heterocycles. The van der Waals surface area contributed by atoms with Crippen LogP contribution < -0.4 is 16.6 Å². The molecule has 11 nitrogen and oxygen atoms in total. The lowest BCUT2D eigenvalue weighted by Crippen LogP contribution is -2.36. The van der Waals surface area contributed by atoms with E-state index >= 15 is 0 Å². The summed E-state index contributed by atoms with van der Waals surface area (Å²) < 4.78 is 5.97. The molecule has 34 heavy (non-hydrogen) atoms. The first-order valence-electron chi connectivity index (χ1n) is 9.63. The summed E-state index contributed by atoms with van der Waals surface area (Å²) in [5.74, 6) is -0.127. The van der Waals surface area contributed by atoms with Crippen molar-refractivity contribution in [3.8, 4) is 11.9 Å². The minimum absolute atomic E-state index is 0.00178. The Balaban J connectivity index is 1.53. The van der Waals surface area contributed by atoms with Gasteiger partial charge in [0.25, 0.3) is 5.91 Å². The van der Waals surface area contributed by atoms with E-state index in [1.165, 1.54) is 16.4 Å². The molecule has 4 aromatic rings. The van der Waals surface area contributed by atoms with E-state index in [1.807, 2.05) is 18.2 Å². The number of carbonyl (C=O) groups is 1. The van der Waals surface area contributed by atoms with Crippen molar-refractivity contribution in [3.63, 3.8) is 0 Å². The highest BCUT2D eigenvalue weighted by atomic mass is 35.5. The Morgan fingerprint density at radius 1 is 1.18 bits per heavy atom. The van der Waals surface area contributed by atoms with Crippen LogP contribution in [0.3, 0.4) is 0 Å². The Kier molecular flexibility index (Phi) is 6.77. The van der Waals surface area contributed by atoms with Crippen LogP contribution in [0.5, 0.6) is 0 Å². The summed E-state index contributed by atoms with van der Waals surface area (Å²) in [5.41, 5.74) is 13.2. The van der Waals surface area contributed by atoms with E-state index in [1.54, 1.807) is 36.4 Å². The lowest BCUT2D eigenvalue weighted by molar-refractivity contribution is 0.0936. The maximum Gasteiger partial charge on any atom is 0.292 e. The maximum atomic E-state index is 12.9. The molecule has 0 unspecified atom stereocenters. The Bertz CT molecular complexity index is 1370. The van der Waals surface area contributed by atoms with Gasteiger partial charge in [0.05, 0.1) is 23.0 Å².